The predicted molar refractivity (Wildman–Crippen MR) is 77.8 cm³/mol. The van der Waals surface area contributed by atoms with Crippen LogP contribution in [0.25, 0.3) is 0 Å². The SMILES string of the molecule is CCCCOCCNS(=O)(=O)CCC1CCCCN1. The van der Waals surface area contributed by atoms with Crippen LogP contribution >= 0.6 is 0 Å². The van der Waals surface area contributed by atoms with Crippen molar-refractivity contribution in [3.8, 4) is 0 Å². The summed E-state index contributed by atoms with van der Waals surface area (Å²) in [5, 5.41) is 3.37. The van der Waals surface area contributed by atoms with Gasteiger partial charge in [-0.05, 0) is 32.2 Å². The van der Waals surface area contributed by atoms with Crippen molar-refractivity contribution in [3.63, 3.8) is 0 Å². The first-order valence-corrected chi connectivity index (χ1v) is 9.08. The van der Waals surface area contributed by atoms with Crippen LogP contribution in [0.5, 0.6) is 0 Å². The molecule has 1 rings (SSSR count). The fourth-order valence-corrected chi connectivity index (χ4v) is 3.29. The summed E-state index contributed by atoms with van der Waals surface area (Å²) in [7, 11) is -3.14. The van der Waals surface area contributed by atoms with E-state index in [0.29, 0.717) is 32.2 Å². The van der Waals surface area contributed by atoms with E-state index in [2.05, 4.69) is 17.0 Å². The number of sulfonamides is 1. The van der Waals surface area contributed by atoms with Crippen LogP contribution in [0.3, 0.4) is 0 Å². The summed E-state index contributed by atoms with van der Waals surface area (Å²) >= 11 is 0. The van der Waals surface area contributed by atoms with Crippen molar-refractivity contribution in [1.82, 2.24) is 10.0 Å². The minimum Gasteiger partial charge on any atom is -0.380 e. The molecule has 0 radical (unpaired) electrons. The van der Waals surface area contributed by atoms with E-state index >= 15 is 0 Å². The molecule has 114 valence electrons. The quantitative estimate of drug-likeness (QED) is 0.595. The van der Waals surface area contributed by atoms with Gasteiger partial charge in [0.05, 0.1) is 12.4 Å². The second kappa shape index (κ2) is 9.69. The first kappa shape index (κ1) is 16.9. The molecule has 0 aromatic heterocycles. The van der Waals surface area contributed by atoms with Crippen molar-refractivity contribution in [3.05, 3.63) is 0 Å². The fraction of sp³-hybridized carbons (Fsp3) is 1.00. The third-order valence-electron chi connectivity index (χ3n) is 3.36. The minimum absolute atomic E-state index is 0.208. The van der Waals surface area contributed by atoms with E-state index in [1.165, 1.54) is 12.8 Å². The number of hydrogen-bond acceptors (Lipinski definition) is 4. The molecule has 1 unspecified atom stereocenters. The molecule has 1 atom stereocenters. The topological polar surface area (TPSA) is 67.4 Å². The van der Waals surface area contributed by atoms with Gasteiger partial charge in [0.2, 0.25) is 10.0 Å². The largest absolute Gasteiger partial charge is 0.380 e. The van der Waals surface area contributed by atoms with E-state index in [9.17, 15) is 8.42 Å². The normalized spacial score (nSPS) is 20.6. The van der Waals surface area contributed by atoms with Crippen LogP contribution < -0.4 is 10.0 Å². The molecule has 1 fully saturated rings. The van der Waals surface area contributed by atoms with Gasteiger partial charge in [0.15, 0.2) is 0 Å². The van der Waals surface area contributed by atoms with Gasteiger partial charge in [-0.1, -0.05) is 19.8 Å². The molecule has 5 nitrogen and oxygen atoms in total. The van der Waals surface area contributed by atoms with Crippen LogP contribution in [0.4, 0.5) is 0 Å². The molecule has 2 N–H and O–H groups in total. The third kappa shape index (κ3) is 8.57. The van der Waals surface area contributed by atoms with Crippen LogP contribution in [0.15, 0.2) is 0 Å². The maximum absolute atomic E-state index is 11.8. The molecule has 0 spiro atoms. The number of ether oxygens (including phenoxy) is 1. The Balaban J connectivity index is 2.06. The molecule has 19 heavy (non-hydrogen) atoms. The third-order valence-corrected chi connectivity index (χ3v) is 4.78. The highest BCUT2D eigenvalue weighted by molar-refractivity contribution is 7.89. The molecule has 1 heterocycles. The molecule has 1 aliphatic heterocycles. The summed E-state index contributed by atoms with van der Waals surface area (Å²) in [6.07, 6.45) is 6.33. The van der Waals surface area contributed by atoms with Crippen molar-refractivity contribution in [1.29, 1.82) is 0 Å². The zero-order valence-electron chi connectivity index (χ0n) is 12.0. The summed E-state index contributed by atoms with van der Waals surface area (Å²) in [5.74, 6) is 0.208. The predicted octanol–water partition coefficient (Wildman–Crippen LogP) is 1.25. The highest BCUT2D eigenvalue weighted by Gasteiger charge is 2.16. The highest BCUT2D eigenvalue weighted by Crippen LogP contribution is 2.10. The standard InChI is InChI=1S/C13H28N2O3S/c1-2-3-10-18-11-9-15-19(16,17)12-7-13-6-4-5-8-14-13/h13-15H,2-12H2,1H3. The van der Waals surface area contributed by atoms with Gasteiger partial charge in [-0.25, -0.2) is 13.1 Å². The van der Waals surface area contributed by atoms with Gasteiger partial charge >= 0.3 is 0 Å². The first-order valence-electron chi connectivity index (χ1n) is 7.42. The van der Waals surface area contributed by atoms with Gasteiger partial charge in [0, 0.05) is 19.2 Å². The Morgan fingerprint density at radius 2 is 2.16 bits per heavy atom. The van der Waals surface area contributed by atoms with Crippen molar-refractivity contribution < 1.29 is 13.2 Å². The Bertz CT molecular complexity index is 314. The molecule has 0 aromatic rings. The Morgan fingerprint density at radius 1 is 1.32 bits per heavy atom. The van der Waals surface area contributed by atoms with Gasteiger partial charge in [-0.3, -0.25) is 0 Å². The van der Waals surface area contributed by atoms with Crippen LogP contribution in [0.2, 0.25) is 0 Å². The Morgan fingerprint density at radius 3 is 2.84 bits per heavy atom. The molecule has 0 saturated carbocycles. The van der Waals surface area contributed by atoms with E-state index < -0.39 is 10.0 Å². The second-order valence-corrected chi connectivity index (χ2v) is 7.04. The summed E-state index contributed by atoms with van der Waals surface area (Å²) in [6, 6.07) is 0.367. The number of piperidine rings is 1. The molecular formula is C13H28N2O3S. The van der Waals surface area contributed by atoms with Gasteiger partial charge in [0.25, 0.3) is 0 Å². The van der Waals surface area contributed by atoms with E-state index in [1.807, 2.05) is 0 Å². The zero-order chi connectivity index (χ0) is 14.0. The molecule has 0 bridgehead atoms. The summed E-state index contributed by atoms with van der Waals surface area (Å²) in [4.78, 5) is 0. The lowest BCUT2D eigenvalue weighted by atomic mass is 10.0. The Kier molecular flexibility index (Phi) is 8.61. The zero-order valence-corrected chi connectivity index (χ0v) is 12.8. The van der Waals surface area contributed by atoms with Crippen molar-refractivity contribution in [2.24, 2.45) is 0 Å². The Hall–Kier alpha value is -0.170. The maximum Gasteiger partial charge on any atom is 0.211 e. The van der Waals surface area contributed by atoms with Crippen molar-refractivity contribution in [2.45, 2.75) is 51.5 Å². The van der Waals surface area contributed by atoms with E-state index in [0.717, 1.165) is 25.8 Å². The van der Waals surface area contributed by atoms with Gasteiger partial charge in [0.1, 0.15) is 0 Å². The van der Waals surface area contributed by atoms with Crippen LogP contribution in [-0.4, -0.2) is 46.5 Å². The van der Waals surface area contributed by atoms with E-state index in [4.69, 9.17) is 4.74 Å². The number of unbranched alkanes of at least 4 members (excludes halogenated alkanes) is 1. The van der Waals surface area contributed by atoms with Gasteiger partial charge < -0.3 is 10.1 Å². The van der Waals surface area contributed by atoms with Crippen molar-refractivity contribution >= 4 is 10.0 Å². The average Bonchev–Trinajstić information content (AvgIpc) is 2.42. The number of rotatable bonds is 10. The highest BCUT2D eigenvalue weighted by atomic mass is 32.2. The number of hydrogen-bond donors (Lipinski definition) is 2. The fourth-order valence-electron chi connectivity index (χ4n) is 2.16. The minimum atomic E-state index is -3.14. The summed E-state index contributed by atoms with van der Waals surface area (Å²) < 4.78 is 31.5. The molecule has 6 heteroatoms. The summed E-state index contributed by atoms with van der Waals surface area (Å²) in [5.41, 5.74) is 0. The smallest absolute Gasteiger partial charge is 0.211 e. The molecule has 0 amide bonds. The average molecular weight is 292 g/mol. The lowest BCUT2D eigenvalue weighted by Gasteiger charge is -2.23. The van der Waals surface area contributed by atoms with Crippen LogP contribution in [0.1, 0.15) is 45.4 Å². The molecular weight excluding hydrogens is 264 g/mol. The van der Waals surface area contributed by atoms with Crippen LogP contribution in [0, 0.1) is 0 Å². The van der Waals surface area contributed by atoms with Gasteiger partial charge in [-0.2, -0.15) is 0 Å². The van der Waals surface area contributed by atoms with E-state index in [-0.39, 0.29) is 5.75 Å². The van der Waals surface area contributed by atoms with Gasteiger partial charge in [-0.15, -0.1) is 0 Å². The van der Waals surface area contributed by atoms with Crippen LogP contribution in [-0.2, 0) is 14.8 Å². The lowest BCUT2D eigenvalue weighted by molar-refractivity contribution is 0.136. The monoisotopic (exact) mass is 292 g/mol. The van der Waals surface area contributed by atoms with Crippen molar-refractivity contribution in [2.75, 3.05) is 32.1 Å². The Labute approximate surface area is 117 Å². The first-order chi connectivity index (χ1) is 9.14. The molecule has 1 aliphatic rings. The molecule has 0 aliphatic carbocycles. The maximum atomic E-state index is 11.8. The van der Waals surface area contributed by atoms with E-state index in [1.54, 1.807) is 0 Å². The molecule has 1 saturated heterocycles. The number of nitrogens with one attached hydrogen (secondary N) is 2. The second-order valence-electron chi connectivity index (χ2n) is 5.11. The lowest BCUT2D eigenvalue weighted by Crippen LogP contribution is -2.37. The molecule has 0 aromatic carbocycles. The summed E-state index contributed by atoms with van der Waals surface area (Å²) in [6.45, 7) is 4.67.